The molecule has 2 aliphatic rings. The molecular weight excluding hydrogens is 735 g/mol. The molecular formula is C56H41NOS. The maximum absolute atomic E-state index is 11.1. The summed E-state index contributed by atoms with van der Waals surface area (Å²) in [6.07, 6.45) is 5.93. The number of hydrogen-bond acceptors (Lipinski definition) is 3. The predicted molar refractivity (Wildman–Crippen MR) is 251 cm³/mol. The van der Waals surface area contributed by atoms with Crippen molar-refractivity contribution in [3.63, 3.8) is 0 Å². The van der Waals surface area contributed by atoms with Crippen molar-refractivity contribution >= 4 is 70.1 Å². The molecule has 1 saturated carbocycles. The molecule has 0 aliphatic heterocycles. The Morgan fingerprint density at radius 1 is 0.475 bits per heavy atom. The Balaban J connectivity index is 1.14. The Morgan fingerprint density at radius 2 is 1.17 bits per heavy atom. The van der Waals surface area contributed by atoms with Crippen LogP contribution in [-0.2, 0) is 5.41 Å². The summed E-state index contributed by atoms with van der Waals surface area (Å²) in [6, 6.07) is 66.7. The number of phenols is 1. The van der Waals surface area contributed by atoms with Gasteiger partial charge in [0.05, 0.1) is 16.1 Å². The average Bonchev–Trinajstić information content (AvgIpc) is 3.80. The largest absolute Gasteiger partial charge is 0.507 e. The van der Waals surface area contributed by atoms with Crippen molar-refractivity contribution in [3.05, 3.63) is 193 Å². The van der Waals surface area contributed by atoms with Crippen molar-refractivity contribution in [3.8, 4) is 39.1 Å². The lowest BCUT2D eigenvalue weighted by molar-refractivity contribution is 0.355. The van der Waals surface area contributed by atoms with E-state index in [0.29, 0.717) is 5.75 Å². The molecule has 1 spiro atoms. The normalized spacial score (nSPS) is 14.3. The van der Waals surface area contributed by atoms with Gasteiger partial charge in [0.15, 0.2) is 0 Å². The van der Waals surface area contributed by atoms with Crippen molar-refractivity contribution < 1.29 is 5.11 Å². The first-order chi connectivity index (χ1) is 29.2. The van der Waals surface area contributed by atoms with Gasteiger partial charge in [-0.05, 0) is 104 Å². The molecule has 10 aromatic rings. The number of hydrogen-bond donors (Lipinski definition) is 1. The molecule has 0 atom stereocenters. The molecule has 1 fully saturated rings. The summed E-state index contributed by atoms with van der Waals surface area (Å²) in [5.41, 5.74) is 13.7. The number of rotatable bonds is 5. The number of fused-ring (bicyclic) bond motifs is 11. The Bertz CT molecular complexity index is 3280. The van der Waals surface area contributed by atoms with Crippen LogP contribution in [0, 0.1) is 0 Å². The minimum Gasteiger partial charge on any atom is -0.507 e. The van der Waals surface area contributed by atoms with Crippen LogP contribution in [0.3, 0.4) is 0 Å². The summed E-state index contributed by atoms with van der Waals surface area (Å²) in [7, 11) is 0. The lowest BCUT2D eigenvalue weighted by atomic mass is 9.67. The van der Waals surface area contributed by atoms with Gasteiger partial charge in [-0.3, -0.25) is 0 Å². The third-order valence-electron chi connectivity index (χ3n) is 13.3. The number of para-hydroxylation sites is 1. The maximum Gasteiger partial charge on any atom is 0.123 e. The van der Waals surface area contributed by atoms with Gasteiger partial charge in [0, 0.05) is 37.5 Å². The van der Waals surface area contributed by atoms with Crippen LogP contribution in [0.1, 0.15) is 43.2 Å². The first-order valence-corrected chi connectivity index (χ1v) is 21.8. The molecule has 282 valence electrons. The molecule has 12 rings (SSSR count). The van der Waals surface area contributed by atoms with Crippen LogP contribution >= 0.6 is 11.3 Å². The Labute approximate surface area is 348 Å². The summed E-state index contributed by atoms with van der Waals surface area (Å²) < 4.78 is 2.57. The fraction of sp³-hybridized carbons (Fsp3) is 0.107. The molecule has 0 unspecified atom stereocenters. The summed E-state index contributed by atoms with van der Waals surface area (Å²) in [5, 5.41) is 18.3. The van der Waals surface area contributed by atoms with Crippen molar-refractivity contribution in [1.82, 2.24) is 0 Å². The average molecular weight is 776 g/mol. The van der Waals surface area contributed by atoms with E-state index in [-0.39, 0.29) is 5.41 Å². The fourth-order valence-electron chi connectivity index (χ4n) is 10.8. The second-order valence-corrected chi connectivity index (χ2v) is 17.5. The highest BCUT2D eigenvalue weighted by atomic mass is 32.1. The van der Waals surface area contributed by atoms with Crippen LogP contribution in [0.5, 0.6) is 5.75 Å². The first kappa shape index (κ1) is 34.4. The van der Waals surface area contributed by atoms with Gasteiger partial charge in [0.1, 0.15) is 5.75 Å². The first-order valence-electron chi connectivity index (χ1n) is 20.9. The van der Waals surface area contributed by atoms with Crippen molar-refractivity contribution in [2.45, 2.75) is 37.5 Å². The zero-order chi connectivity index (χ0) is 39.1. The molecule has 0 amide bonds. The minimum absolute atomic E-state index is 0.0697. The molecule has 2 aliphatic carbocycles. The molecule has 3 heteroatoms. The van der Waals surface area contributed by atoms with Crippen LogP contribution in [-0.4, -0.2) is 5.11 Å². The topological polar surface area (TPSA) is 23.5 Å². The highest BCUT2D eigenvalue weighted by molar-refractivity contribution is 7.26. The predicted octanol–water partition coefficient (Wildman–Crippen LogP) is 16.1. The molecule has 1 N–H and O–H groups in total. The summed E-state index contributed by atoms with van der Waals surface area (Å²) in [5.74, 6) is 0.357. The van der Waals surface area contributed by atoms with E-state index in [1.807, 2.05) is 23.5 Å². The highest BCUT2D eigenvalue weighted by Crippen LogP contribution is 2.59. The van der Waals surface area contributed by atoms with Gasteiger partial charge < -0.3 is 10.0 Å². The molecule has 9 aromatic carbocycles. The lowest BCUT2D eigenvalue weighted by Gasteiger charge is -2.37. The van der Waals surface area contributed by atoms with Crippen LogP contribution in [0.4, 0.5) is 17.1 Å². The Hall–Kier alpha value is -6.68. The standard InChI is InChI=1S/C56H41NOS/c58-51-27-14-23-44-41(51)30-31-45-47-35-38(29-32-48(47)56(54(44)45)33-9-2-10-34-56)57(50-26-13-24-46-42-20-6-8-28-52(42)59-55(46)50)49-25-7-5-19-40(49)43-22-12-18-37-17-11-21-39(53(37)43)36-15-3-1-4-16-36/h1,3-8,11-32,35,58H,2,9-10,33-34H2. The van der Waals surface area contributed by atoms with Gasteiger partial charge in [-0.25, -0.2) is 0 Å². The molecule has 1 heterocycles. The van der Waals surface area contributed by atoms with Gasteiger partial charge in [-0.2, -0.15) is 0 Å². The monoisotopic (exact) mass is 775 g/mol. The van der Waals surface area contributed by atoms with E-state index in [1.165, 1.54) is 106 Å². The zero-order valence-electron chi connectivity index (χ0n) is 32.7. The van der Waals surface area contributed by atoms with E-state index in [1.54, 1.807) is 0 Å². The van der Waals surface area contributed by atoms with Crippen LogP contribution < -0.4 is 4.90 Å². The quantitative estimate of drug-likeness (QED) is 0.188. The third-order valence-corrected chi connectivity index (χ3v) is 14.5. The SMILES string of the molecule is Oc1cccc2c3c(ccc12)-c1cc(N(c2ccccc2-c2cccc4cccc(-c5ccccc5)c24)c2cccc4c2sc2ccccc24)ccc1C31CCCCC1. The lowest BCUT2D eigenvalue weighted by Crippen LogP contribution is -2.28. The van der Waals surface area contributed by atoms with Crippen LogP contribution in [0.25, 0.3) is 75.1 Å². The van der Waals surface area contributed by atoms with Crippen LogP contribution in [0.15, 0.2) is 182 Å². The molecule has 2 nitrogen and oxygen atoms in total. The number of thiophene rings is 1. The fourth-order valence-corrected chi connectivity index (χ4v) is 12.0. The Morgan fingerprint density at radius 3 is 2.05 bits per heavy atom. The molecule has 0 radical (unpaired) electrons. The second-order valence-electron chi connectivity index (χ2n) is 16.4. The van der Waals surface area contributed by atoms with Gasteiger partial charge in [-0.15, -0.1) is 11.3 Å². The van der Waals surface area contributed by atoms with Crippen LogP contribution in [0.2, 0.25) is 0 Å². The third kappa shape index (κ3) is 5.17. The number of nitrogens with zero attached hydrogens (tertiary/aromatic N) is 1. The van der Waals surface area contributed by atoms with E-state index in [4.69, 9.17) is 0 Å². The summed E-state index contributed by atoms with van der Waals surface area (Å²) in [6.45, 7) is 0. The molecule has 1 aromatic heterocycles. The minimum atomic E-state index is -0.0697. The molecule has 0 bridgehead atoms. The van der Waals surface area contributed by atoms with Gasteiger partial charge >= 0.3 is 0 Å². The van der Waals surface area contributed by atoms with E-state index in [9.17, 15) is 5.11 Å². The van der Waals surface area contributed by atoms with E-state index < -0.39 is 0 Å². The van der Waals surface area contributed by atoms with Crippen molar-refractivity contribution in [2.24, 2.45) is 0 Å². The van der Waals surface area contributed by atoms with E-state index in [2.05, 4.69) is 175 Å². The van der Waals surface area contributed by atoms with E-state index in [0.717, 1.165) is 29.6 Å². The van der Waals surface area contributed by atoms with E-state index >= 15 is 0 Å². The van der Waals surface area contributed by atoms with Gasteiger partial charge in [0.25, 0.3) is 0 Å². The number of benzene rings is 9. The second kappa shape index (κ2) is 13.4. The Kier molecular flexibility index (Phi) is 7.83. The number of aromatic hydroxyl groups is 1. The maximum atomic E-state index is 11.1. The molecule has 59 heavy (non-hydrogen) atoms. The smallest absolute Gasteiger partial charge is 0.123 e. The summed E-state index contributed by atoms with van der Waals surface area (Å²) >= 11 is 1.88. The van der Waals surface area contributed by atoms with Crippen molar-refractivity contribution in [2.75, 3.05) is 4.90 Å². The van der Waals surface area contributed by atoms with Gasteiger partial charge in [0.2, 0.25) is 0 Å². The van der Waals surface area contributed by atoms with Gasteiger partial charge in [-0.1, -0.05) is 165 Å². The molecule has 0 saturated heterocycles. The zero-order valence-corrected chi connectivity index (χ0v) is 33.5. The number of phenolic OH excluding ortho intramolecular Hbond substituents is 1. The van der Waals surface area contributed by atoms with Crippen molar-refractivity contribution in [1.29, 1.82) is 0 Å². The number of anilines is 3. The highest BCUT2D eigenvalue weighted by Gasteiger charge is 2.45. The summed E-state index contributed by atoms with van der Waals surface area (Å²) in [4.78, 5) is 2.54.